The maximum absolute atomic E-state index is 12.3. The highest BCUT2D eigenvalue weighted by Crippen LogP contribution is 2.12. The lowest BCUT2D eigenvalue weighted by molar-refractivity contribution is -0.131. The molecule has 1 aromatic heterocycles. The van der Waals surface area contributed by atoms with Crippen molar-refractivity contribution in [2.75, 3.05) is 26.2 Å². The predicted molar refractivity (Wildman–Crippen MR) is 89.1 cm³/mol. The molecule has 24 heavy (non-hydrogen) atoms. The third-order valence-electron chi connectivity index (χ3n) is 4.01. The van der Waals surface area contributed by atoms with Crippen LogP contribution in [0.25, 0.3) is 0 Å². The third-order valence-corrected chi connectivity index (χ3v) is 4.27. The molecule has 0 unspecified atom stereocenters. The molecule has 1 aliphatic rings. The van der Waals surface area contributed by atoms with E-state index >= 15 is 0 Å². The Morgan fingerprint density at radius 1 is 1.04 bits per heavy atom. The first-order valence-corrected chi connectivity index (χ1v) is 8.00. The molecule has 1 aliphatic heterocycles. The minimum atomic E-state index is -0.407. The molecule has 2 aromatic rings. The standard InChI is InChI=1S/C16H17ClN4O3/c17-12-3-1-11(2-4-12)9-14(22)20-5-7-21(8-6-20)15(23)13-10-18-16(24)19-13/h1-4,10H,5-9H2,(H2,18,19,24). The average molecular weight is 349 g/mol. The van der Waals surface area contributed by atoms with Crippen molar-refractivity contribution in [3.63, 3.8) is 0 Å². The van der Waals surface area contributed by atoms with E-state index in [1.54, 1.807) is 21.9 Å². The monoisotopic (exact) mass is 348 g/mol. The summed E-state index contributed by atoms with van der Waals surface area (Å²) < 4.78 is 0. The van der Waals surface area contributed by atoms with Gasteiger partial charge in [-0.2, -0.15) is 0 Å². The van der Waals surface area contributed by atoms with E-state index in [0.717, 1.165) is 5.56 Å². The lowest BCUT2D eigenvalue weighted by Gasteiger charge is -2.34. The van der Waals surface area contributed by atoms with E-state index in [0.29, 0.717) is 37.6 Å². The zero-order valence-electron chi connectivity index (χ0n) is 12.9. The first-order chi connectivity index (χ1) is 11.5. The molecule has 0 aliphatic carbocycles. The van der Waals surface area contributed by atoms with E-state index in [2.05, 4.69) is 9.97 Å². The molecular formula is C16H17ClN4O3. The van der Waals surface area contributed by atoms with Crippen LogP contribution in [0.2, 0.25) is 5.02 Å². The predicted octanol–water partition coefficient (Wildman–Crippen LogP) is 0.883. The second-order valence-corrected chi connectivity index (χ2v) is 6.07. The minimum absolute atomic E-state index is 0.0273. The maximum atomic E-state index is 12.3. The second kappa shape index (κ2) is 6.92. The molecule has 2 amide bonds. The van der Waals surface area contributed by atoms with Crippen LogP contribution in [0.4, 0.5) is 0 Å². The van der Waals surface area contributed by atoms with E-state index in [-0.39, 0.29) is 17.5 Å². The molecule has 0 bridgehead atoms. The van der Waals surface area contributed by atoms with Crippen LogP contribution < -0.4 is 5.69 Å². The normalized spacial score (nSPS) is 14.7. The Morgan fingerprint density at radius 3 is 2.25 bits per heavy atom. The fourth-order valence-corrected chi connectivity index (χ4v) is 2.79. The largest absolute Gasteiger partial charge is 0.339 e. The molecule has 0 atom stereocenters. The number of nitrogens with one attached hydrogen (secondary N) is 2. The van der Waals surface area contributed by atoms with Crippen LogP contribution in [0, 0.1) is 0 Å². The number of aromatic nitrogens is 2. The van der Waals surface area contributed by atoms with Crippen LogP contribution in [-0.2, 0) is 11.2 Å². The number of halogens is 1. The zero-order chi connectivity index (χ0) is 17.1. The summed E-state index contributed by atoms with van der Waals surface area (Å²) >= 11 is 5.84. The number of imidazole rings is 1. The number of carbonyl (C=O) groups is 2. The van der Waals surface area contributed by atoms with Crippen LogP contribution >= 0.6 is 11.6 Å². The maximum Gasteiger partial charge on any atom is 0.323 e. The van der Waals surface area contributed by atoms with Crippen LogP contribution in [0.3, 0.4) is 0 Å². The summed E-state index contributed by atoms with van der Waals surface area (Å²) in [5.41, 5.74) is 0.740. The molecule has 1 saturated heterocycles. The molecule has 8 heteroatoms. The molecule has 3 rings (SSSR count). The van der Waals surface area contributed by atoms with Crippen molar-refractivity contribution in [3.8, 4) is 0 Å². The topological polar surface area (TPSA) is 89.3 Å². The Labute approximate surface area is 143 Å². The van der Waals surface area contributed by atoms with Crippen molar-refractivity contribution in [3.05, 3.63) is 57.2 Å². The quantitative estimate of drug-likeness (QED) is 0.863. The van der Waals surface area contributed by atoms with E-state index in [1.165, 1.54) is 6.20 Å². The summed E-state index contributed by atoms with van der Waals surface area (Å²) in [5.74, 6) is -0.211. The molecule has 0 spiro atoms. The van der Waals surface area contributed by atoms with Crippen molar-refractivity contribution in [1.82, 2.24) is 19.8 Å². The summed E-state index contributed by atoms with van der Waals surface area (Å²) in [5, 5.41) is 0.640. The second-order valence-electron chi connectivity index (χ2n) is 5.63. The first kappa shape index (κ1) is 16.3. The van der Waals surface area contributed by atoms with Gasteiger partial charge in [-0.05, 0) is 17.7 Å². The number of aromatic amines is 2. The van der Waals surface area contributed by atoms with Gasteiger partial charge in [0.25, 0.3) is 5.91 Å². The first-order valence-electron chi connectivity index (χ1n) is 7.62. The number of rotatable bonds is 3. The van der Waals surface area contributed by atoms with Gasteiger partial charge in [0.1, 0.15) is 5.69 Å². The van der Waals surface area contributed by atoms with E-state index in [1.807, 2.05) is 12.1 Å². The van der Waals surface area contributed by atoms with Crippen LogP contribution in [-0.4, -0.2) is 57.8 Å². The number of piperazine rings is 1. The van der Waals surface area contributed by atoms with Gasteiger partial charge in [0, 0.05) is 37.4 Å². The van der Waals surface area contributed by atoms with Gasteiger partial charge in [-0.25, -0.2) is 4.79 Å². The Morgan fingerprint density at radius 2 is 1.67 bits per heavy atom. The summed E-state index contributed by atoms with van der Waals surface area (Å²) in [6, 6.07) is 7.20. The molecular weight excluding hydrogens is 332 g/mol. The molecule has 7 nitrogen and oxygen atoms in total. The van der Waals surface area contributed by atoms with E-state index in [9.17, 15) is 14.4 Å². The lowest BCUT2D eigenvalue weighted by Crippen LogP contribution is -2.51. The lowest BCUT2D eigenvalue weighted by atomic mass is 10.1. The Balaban J connectivity index is 1.54. The van der Waals surface area contributed by atoms with Crippen LogP contribution in [0.1, 0.15) is 16.1 Å². The Bertz CT molecular complexity index is 788. The molecule has 2 N–H and O–H groups in total. The highest BCUT2D eigenvalue weighted by atomic mass is 35.5. The van der Waals surface area contributed by atoms with Gasteiger partial charge in [0.05, 0.1) is 6.42 Å². The van der Waals surface area contributed by atoms with E-state index in [4.69, 9.17) is 11.6 Å². The Kier molecular flexibility index (Phi) is 4.71. The van der Waals surface area contributed by atoms with Gasteiger partial charge in [-0.1, -0.05) is 23.7 Å². The van der Waals surface area contributed by atoms with Crippen molar-refractivity contribution in [2.24, 2.45) is 0 Å². The number of carbonyl (C=O) groups excluding carboxylic acids is 2. The fraction of sp³-hybridized carbons (Fsp3) is 0.312. The third kappa shape index (κ3) is 3.68. The summed E-state index contributed by atoms with van der Waals surface area (Å²) in [7, 11) is 0. The Hall–Kier alpha value is -2.54. The van der Waals surface area contributed by atoms with Gasteiger partial charge in [-0.15, -0.1) is 0 Å². The molecule has 0 radical (unpaired) electrons. The highest BCUT2D eigenvalue weighted by molar-refractivity contribution is 6.30. The fourth-order valence-electron chi connectivity index (χ4n) is 2.67. The summed E-state index contributed by atoms with van der Waals surface area (Å²) in [4.78, 5) is 43.9. The number of H-pyrrole nitrogens is 2. The van der Waals surface area contributed by atoms with Gasteiger partial charge in [0.2, 0.25) is 5.91 Å². The van der Waals surface area contributed by atoms with Gasteiger partial charge < -0.3 is 19.8 Å². The number of hydrogen-bond donors (Lipinski definition) is 2. The number of amides is 2. The highest BCUT2D eigenvalue weighted by Gasteiger charge is 2.25. The SMILES string of the molecule is O=C(Cc1ccc(Cl)cc1)N1CCN(C(=O)c2c[nH]c(=O)[nH]2)CC1. The number of benzene rings is 1. The summed E-state index contributed by atoms with van der Waals surface area (Å²) in [6.07, 6.45) is 1.68. The van der Waals surface area contributed by atoms with Crippen molar-refractivity contribution < 1.29 is 9.59 Å². The summed E-state index contributed by atoms with van der Waals surface area (Å²) in [6.45, 7) is 1.84. The number of hydrogen-bond acceptors (Lipinski definition) is 3. The minimum Gasteiger partial charge on any atom is -0.339 e. The van der Waals surface area contributed by atoms with Crippen LogP contribution in [0.15, 0.2) is 35.3 Å². The van der Waals surface area contributed by atoms with Crippen LogP contribution in [0.5, 0.6) is 0 Å². The molecule has 2 heterocycles. The molecule has 1 aromatic carbocycles. The molecule has 1 fully saturated rings. The zero-order valence-corrected chi connectivity index (χ0v) is 13.7. The smallest absolute Gasteiger partial charge is 0.323 e. The average Bonchev–Trinajstić information content (AvgIpc) is 3.03. The van der Waals surface area contributed by atoms with Crippen molar-refractivity contribution in [1.29, 1.82) is 0 Å². The van der Waals surface area contributed by atoms with Gasteiger partial charge in [-0.3, -0.25) is 9.59 Å². The number of nitrogens with zero attached hydrogens (tertiary/aromatic N) is 2. The van der Waals surface area contributed by atoms with Gasteiger partial charge >= 0.3 is 5.69 Å². The van der Waals surface area contributed by atoms with Crippen molar-refractivity contribution in [2.45, 2.75) is 6.42 Å². The molecule has 0 saturated carbocycles. The van der Waals surface area contributed by atoms with Crippen molar-refractivity contribution >= 4 is 23.4 Å². The molecule has 126 valence electrons. The van der Waals surface area contributed by atoms with E-state index < -0.39 is 5.69 Å². The van der Waals surface area contributed by atoms with Gasteiger partial charge in [0.15, 0.2) is 0 Å².